The number of aromatic nitrogens is 1. The molecule has 0 unspecified atom stereocenters. The maximum atomic E-state index is 12.2. The van der Waals surface area contributed by atoms with Crippen LogP contribution < -0.4 is 10.9 Å². The molecule has 0 aliphatic rings. The first-order valence-corrected chi connectivity index (χ1v) is 6.70. The van der Waals surface area contributed by atoms with E-state index in [9.17, 15) is 9.59 Å². The zero-order valence-corrected chi connectivity index (χ0v) is 12.7. The summed E-state index contributed by atoms with van der Waals surface area (Å²) >= 11 is 6.05. The van der Waals surface area contributed by atoms with Gasteiger partial charge in [0.15, 0.2) is 0 Å². The molecule has 21 heavy (non-hydrogen) atoms. The van der Waals surface area contributed by atoms with E-state index < -0.39 is 17.6 Å². The first kappa shape index (κ1) is 15.2. The normalized spacial score (nSPS) is 11.2. The highest BCUT2D eigenvalue weighted by Crippen LogP contribution is 2.24. The second-order valence-electron chi connectivity index (χ2n) is 5.45. The minimum atomic E-state index is -0.745. The summed E-state index contributed by atoms with van der Waals surface area (Å²) in [7, 11) is 0. The van der Waals surface area contributed by atoms with E-state index in [1.807, 2.05) is 6.07 Å². The van der Waals surface area contributed by atoms with Gasteiger partial charge >= 0.3 is 6.09 Å². The first-order chi connectivity index (χ1) is 9.78. The topological polar surface area (TPSA) is 83.2 Å². The highest BCUT2D eigenvalue weighted by molar-refractivity contribution is 6.35. The Kier molecular flexibility index (Phi) is 4.09. The molecule has 7 heteroatoms. The van der Waals surface area contributed by atoms with Crippen LogP contribution in [0.25, 0.3) is 10.9 Å². The molecule has 3 N–H and O–H groups in total. The zero-order chi connectivity index (χ0) is 15.6. The van der Waals surface area contributed by atoms with Gasteiger partial charge in [0.25, 0.3) is 5.91 Å². The number of benzene rings is 1. The number of amides is 2. The summed E-state index contributed by atoms with van der Waals surface area (Å²) < 4.78 is 5.02. The molecule has 0 atom stereocenters. The minimum Gasteiger partial charge on any atom is -0.443 e. The van der Waals surface area contributed by atoms with E-state index in [0.717, 1.165) is 5.39 Å². The molecule has 0 saturated heterocycles. The number of H-pyrrole nitrogens is 1. The van der Waals surface area contributed by atoms with E-state index in [-0.39, 0.29) is 10.6 Å². The van der Waals surface area contributed by atoms with Gasteiger partial charge in [-0.3, -0.25) is 10.2 Å². The average molecular weight is 310 g/mol. The minimum absolute atomic E-state index is 0.259. The summed E-state index contributed by atoms with van der Waals surface area (Å²) in [6, 6.07) is 5.25. The predicted octanol–water partition coefficient (Wildman–Crippen LogP) is 2.99. The van der Waals surface area contributed by atoms with Gasteiger partial charge in [-0.25, -0.2) is 10.2 Å². The number of carbonyl (C=O) groups is 2. The molecule has 6 nitrogen and oxygen atoms in total. The van der Waals surface area contributed by atoms with Crippen LogP contribution in [0.3, 0.4) is 0 Å². The van der Waals surface area contributed by atoms with Crippen molar-refractivity contribution in [2.24, 2.45) is 0 Å². The van der Waals surface area contributed by atoms with Gasteiger partial charge in [0.2, 0.25) is 0 Å². The molecule has 112 valence electrons. The van der Waals surface area contributed by atoms with Crippen LogP contribution in [0.2, 0.25) is 5.02 Å². The number of rotatable bonds is 1. The fourth-order valence-electron chi connectivity index (χ4n) is 1.80. The number of nitrogens with one attached hydrogen (secondary N) is 3. The Morgan fingerprint density at radius 2 is 1.90 bits per heavy atom. The standard InChI is InChI=1S/C14H16ClN3O3/c1-14(2,3)21-13(20)18-17-12(19)10-9(15)5-4-8-6-7-16-11(8)10/h4-7,16H,1-3H3,(H,17,19)(H,18,20). The maximum absolute atomic E-state index is 12.2. The Balaban J connectivity index is 2.11. The highest BCUT2D eigenvalue weighted by Gasteiger charge is 2.19. The smallest absolute Gasteiger partial charge is 0.426 e. The second kappa shape index (κ2) is 5.65. The third-order valence-corrected chi connectivity index (χ3v) is 2.90. The van der Waals surface area contributed by atoms with Crippen molar-refractivity contribution in [3.63, 3.8) is 0 Å². The van der Waals surface area contributed by atoms with Crippen molar-refractivity contribution in [2.45, 2.75) is 26.4 Å². The maximum Gasteiger partial charge on any atom is 0.426 e. The van der Waals surface area contributed by atoms with Gasteiger partial charge in [-0.1, -0.05) is 17.7 Å². The van der Waals surface area contributed by atoms with Crippen LogP contribution in [0.1, 0.15) is 31.1 Å². The van der Waals surface area contributed by atoms with Crippen molar-refractivity contribution in [1.29, 1.82) is 0 Å². The summed E-state index contributed by atoms with van der Waals surface area (Å²) in [6.07, 6.45) is 0.963. The summed E-state index contributed by atoms with van der Waals surface area (Å²) in [4.78, 5) is 26.6. The van der Waals surface area contributed by atoms with Gasteiger partial charge in [-0.2, -0.15) is 0 Å². The van der Waals surface area contributed by atoms with E-state index >= 15 is 0 Å². The van der Waals surface area contributed by atoms with Crippen LogP contribution >= 0.6 is 11.6 Å². The summed E-state index contributed by atoms with van der Waals surface area (Å²) in [5, 5.41) is 1.13. The Bertz CT molecular complexity index is 688. The number of aromatic amines is 1. The van der Waals surface area contributed by atoms with Gasteiger partial charge in [0.1, 0.15) is 5.60 Å². The Morgan fingerprint density at radius 1 is 1.19 bits per heavy atom. The molecule has 0 spiro atoms. The number of halogens is 1. The van der Waals surface area contributed by atoms with Gasteiger partial charge < -0.3 is 9.72 Å². The van der Waals surface area contributed by atoms with Crippen LogP contribution in [-0.4, -0.2) is 22.6 Å². The lowest BCUT2D eigenvalue weighted by Crippen LogP contribution is -2.44. The van der Waals surface area contributed by atoms with Crippen molar-refractivity contribution in [1.82, 2.24) is 15.8 Å². The number of hydrazine groups is 1. The molecule has 0 radical (unpaired) electrons. The van der Waals surface area contributed by atoms with E-state index in [2.05, 4.69) is 15.8 Å². The first-order valence-electron chi connectivity index (χ1n) is 6.33. The molecule has 2 amide bonds. The highest BCUT2D eigenvalue weighted by atomic mass is 35.5. The van der Waals surface area contributed by atoms with Crippen molar-refractivity contribution in [2.75, 3.05) is 0 Å². The van der Waals surface area contributed by atoms with Crippen molar-refractivity contribution >= 4 is 34.5 Å². The molecular formula is C14H16ClN3O3. The SMILES string of the molecule is CC(C)(C)OC(=O)NNC(=O)c1c(Cl)ccc2cc[nH]c12. The number of carbonyl (C=O) groups excluding carboxylic acids is 2. The van der Waals surface area contributed by atoms with Gasteiger partial charge in [0, 0.05) is 11.6 Å². The van der Waals surface area contributed by atoms with Gasteiger partial charge in [-0.15, -0.1) is 0 Å². The van der Waals surface area contributed by atoms with E-state index in [1.54, 1.807) is 39.1 Å². The molecule has 0 fully saturated rings. The van der Waals surface area contributed by atoms with E-state index in [0.29, 0.717) is 5.52 Å². The molecule has 1 aromatic heterocycles. The Labute approximate surface area is 126 Å². The molecular weight excluding hydrogens is 294 g/mol. The lowest BCUT2D eigenvalue weighted by molar-refractivity contribution is 0.0483. The molecule has 0 bridgehead atoms. The largest absolute Gasteiger partial charge is 0.443 e. The molecule has 2 rings (SSSR count). The molecule has 0 aliphatic carbocycles. The molecule has 1 aromatic carbocycles. The van der Waals surface area contributed by atoms with Crippen LogP contribution in [0.15, 0.2) is 24.4 Å². The number of hydrogen-bond acceptors (Lipinski definition) is 3. The Hall–Kier alpha value is -2.21. The third-order valence-electron chi connectivity index (χ3n) is 2.58. The fraction of sp³-hybridized carbons (Fsp3) is 0.286. The molecule has 0 aliphatic heterocycles. The van der Waals surface area contributed by atoms with Crippen LogP contribution in [-0.2, 0) is 4.74 Å². The van der Waals surface area contributed by atoms with E-state index in [1.165, 1.54) is 0 Å². The average Bonchev–Trinajstić information content (AvgIpc) is 2.82. The van der Waals surface area contributed by atoms with Crippen LogP contribution in [0.4, 0.5) is 4.79 Å². The second-order valence-corrected chi connectivity index (χ2v) is 5.85. The van der Waals surface area contributed by atoms with Gasteiger partial charge in [0.05, 0.1) is 16.1 Å². The van der Waals surface area contributed by atoms with E-state index in [4.69, 9.17) is 16.3 Å². The molecule has 1 heterocycles. The summed E-state index contributed by atoms with van der Waals surface area (Å²) in [5.41, 5.74) is 4.68. The molecule has 0 saturated carbocycles. The quantitative estimate of drug-likeness (QED) is 0.708. The lowest BCUT2D eigenvalue weighted by atomic mass is 10.1. The molecule has 2 aromatic rings. The number of ether oxygens (including phenoxy) is 1. The lowest BCUT2D eigenvalue weighted by Gasteiger charge is -2.19. The number of hydrogen-bond donors (Lipinski definition) is 3. The van der Waals surface area contributed by atoms with Crippen LogP contribution in [0.5, 0.6) is 0 Å². The van der Waals surface area contributed by atoms with Crippen LogP contribution in [0, 0.1) is 0 Å². The van der Waals surface area contributed by atoms with Gasteiger partial charge in [-0.05, 0) is 32.9 Å². The zero-order valence-electron chi connectivity index (χ0n) is 11.9. The monoisotopic (exact) mass is 309 g/mol. The summed E-state index contributed by atoms with van der Waals surface area (Å²) in [6.45, 7) is 5.18. The van der Waals surface area contributed by atoms with Crippen molar-refractivity contribution in [3.8, 4) is 0 Å². The predicted molar refractivity (Wildman–Crippen MR) is 80.1 cm³/mol. The summed E-state index contributed by atoms with van der Waals surface area (Å²) in [5.74, 6) is -0.529. The van der Waals surface area contributed by atoms with Crippen molar-refractivity contribution in [3.05, 3.63) is 35.0 Å². The van der Waals surface area contributed by atoms with Crippen molar-refractivity contribution < 1.29 is 14.3 Å². The Morgan fingerprint density at radius 3 is 2.57 bits per heavy atom. The number of fused-ring (bicyclic) bond motifs is 1. The third kappa shape index (κ3) is 3.66. The fourth-order valence-corrected chi connectivity index (χ4v) is 2.04.